The Bertz CT molecular complexity index is 412. The van der Waals surface area contributed by atoms with Gasteiger partial charge in [-0.05, 0) is 24.5 Å². The molecule has 17 heavy (non-hydrogen) atoms. The van der Waals surface area contributed by atoms with E-state index in [0.29, 0.717) is 17.9 Å². The van der Waals surface area contributed by atoms with Gasteiger partial charge in [0.25, 0.3) is 5.91 Å². The van der Waals surface area contributed by atoms with Crippen LogP contribution in [0.3, 0.4) is 0 Å². The van der Waals surface area contributed by atoms with Gasteiger partial charge in [-0.1, -0.05) is 31.0 Å². The zero-order valence-electron chi connectivity index (χ0n) is 9.43. The van der Waals surface area contributed by atoms with Crippen molar-refractivity contribution in [1.82, 2.24) is 5.32 Å². The van der Waals surface area contributed by atoms with Gasteiger partial charge in [0, 0.05) is 5.56 Å². The number of hydrogen-bond acceptors (Lipinski definition) is 2. The average molecular weight is 233 g/mol. The number of carboxylic acid groups (broad SMARTS) is 1. The summed E-state index contributed by atoms with van der Waals surface area (Å²) in [6, 6.07) is 7.90. The molecule has 4 heteroatoms. The highest BCUT2D eigenvalue weighted by Crippen LogP contribution is 2.33. The lowest BCUT2D eigenvalue weighted by Crippen LogP contribution is -2.41. The Kier molecular flexibility index (Phi) is 3.42. The highest BCUT2D eigenvalue weighted by atomic mass is 16.4. The zero-order chi connectivity index (χ0) is 12.3. The van der Waals surface area contributed by atoms with Gasteiger partial charge >= 0.3 is 5.97 Å². The molecular formula is C13H15NO3. The quantitative estimate of drug-likeness (QED) is 0.813. The van der Waals surface area contributed by atoms with E-state index in [2.05, 4.69) is 5.32 Å². The van der Waals surface area contributed by atoms with Gasteiger partial charge in [0.15, 0.2) is 0 Å². The molecule has 0 aliphatic heterocycles. The maximum atomic E-state index is 11.8. The Balaban J connectivity index is 1.97. The number of carbonyl (C=O) groups excluding carboxylic acids is 1. The SMILES string of the molecule is O=C(N[C@@H](CC1CC1)C(=O)O)c1ccccc1. The fraction of sp³-hybridized carbons (Fsp3) is 0.385. The van der Waals surface area contributed by atoms with Gasteiger partial charge in [-0.15, -0.1) is 0 Å². The molecule has 2 N–H and O–H groups in total. The molecule has 1 amide bonds. The van der Waals surface area contributed by atoms with E-state index in [4.69, 9.17) is 5.11 Å². The molecule has 2 rings (SSSR count). The van der Waals surface area contributed by atoms with E-state index in [9.17, 15) is 9.59 Å². The van der Waals surface area contributed by atoms with E-state index >= 15 is 0 Å². The summed E-state index contributed by atoms with van der Waals surface area (Å²) in [5, 5.41) is 11.6. The van der Waals surface area contributed by atoms with Crippen molar-refractivity contribution in [2.75, 3.05) is 0 Å². The predicted octanol–water partition coefficient (Wildman–Crippen LogP) is 1.67. The topological polar surface area (TPSA) is 66.4 Å². The van der Waals surface area contributed by atoms with Crippen molar-refractivity contribution in [2.45, 2.75) is 25.3 Å². The second-order valence-corrected chi connectivity index (χ2v) is 4.41. The molecule has 0 aromatic heterocycles. The first-order chi connectivity index (χ1) is 8.16. The molecular weight excluding hydrogens is 218 g/mol. The molecule has 0 bridgehead atoms. The smallest absolute Gasteiger partial charge is 0.326 e. The fourth-order valence-electron chi connectivity index (χ4n) is 1.74. The van der Waals surface area contributed by atoms with Crippen molar-refractivity contribution in [3.05, 3.63) is 35.9 Å². The van der Waals surface area contributed by atoms with Crippen LogP contribution in [0.15, 0.2) is 30.3 Å². The molecule has 0 heterocycles. The highest BCUT2D eigenvalue weighted by molar-refractivity contribution is 5.96. The Morgan fingerprint density at radius 1 is 1.29 bits per heavy atom. The molecule has 1 aliphatic rings. The molecule has 0 spiro atoms. The maximum absolute atomic E-state index is 11.8. The van der Waals surface area contributed by atoms with Gasteiger partial charge in [0.05, 0.1) is 0 Å². The van der Waals surface area contributed by atoms with Crippen LogP contribution in [0.1, 0.15) is 29.6 Å². The van der Waals surface area contributed by atoms with E-state index in [1.54, 1.807) is 24.3 Å². The average Bonchev–Trinajstić information content (AvgIpc) is 3.13. The third-order valence-electron chi connectivity index (χ3n) is 2.91. The lowest BCUT2D eigenvalue weighted by molar-refractivity contribution is -0.139. The summed E-state index contributed by atoms with van der Waals surface area (Å²) in [7, 11) is 0. The molecule has 1 aliphatic carbocycles. The molecule has 4 nitrogen and oxygen atoms in total. The molecule has 1 saturated carbocycles. The van der Waals surface area contributed by atoms with Gasteiger partial charge in [0.1, 0.15) is 6.04 Å². The normalized spacial score (nSPS) is 16.2. The summed E-state index contributed by atoms with van der Waals surface area (Å²) in [4.78, 5) is 22.8. The van der Waals surface area contributed by atoms with Crippen molar-refractivity contribution in [2.24, 2.45) is 5.92 Å². The number of benzene rings is 1. The van der Waals surface area contributed by atoms with Crippen molar-refractivity contribution < 1.29 is 14.7 Å². The summed E-state index contributed by atoms with van der Waals surface area (Å²) in [5.41, 5.74) is 0.495. The van der Waals surface area contributed by atoms with Crippen LogP contribution >= 0.6 is 0 Å². The third-order valence-corrected chi connectivity index (χ3v) is 2.91. The van der Waals surface area contributed by atoms with Gasteiger partial charge in [-0.25, -0.2) is 4.79 Å². The largest absolute Gasteiger partial charge is 0.480 e. The second-order valence-electron chi connectivity index (χ2n) is 4.41. The van der Waals surface area contributed by atoms with Gasteiger partial charge in [0.2, 0.25) is 0 Å². The standard InChI is InChI=1S/C13H15NO3/c15-12(10-4-2-1-3-5-10)14-11(13(16)17)8-9-6-7-9/h1-5,9,11H,6-8H2,(H,14,15)(H,16,17)/t11-/m0/s1. The second kappa shape index (κ2) is 4.99. The summed E-state index contributed by atoms with van der Waals surface area (Å²) in [5.74, 6) is -0.813. The van der Waals surface area contributed by atoms with Crippen LogP contribution in [0.2, 0.25) is 0 Å². The zero-order valence-corrected chi connectivity index (χ0v) is 9.43. The predicted molar refractivity (Wildman–Crippen MR) is 62.7 cm³/mol. The Hall–Kier alpha value is -1.84. The first-order valence-electron chi connectivity index (χ1n) is 5.75. The van der Waals surface area contributed by atoms with Crippen LogP contribution in [0, 0.1) is 5.92 Å². The van der Waals surface area contributed by atoms with E-state index < -0.39 is 12.0 Å². The van der Waals surface area contributed by atoms with Crippen molar-refractivity contribution in [1.29, 1.82) is 0 Å². The number of aliphatic carboxylic acids is 1. The Morgan fingerprint density at radius 2 is 1.94 bits per heavy atom. The van der Waals surface area contributed by atoms with Gasteiger partial charge in [-0.2, -0.15) is 0 Å². The van der Waals surface area contributed by atoms with Crippen LogP contribution in [-0.2, 0) is 4.79 Å². The minimum atomic E-state index is -0.957. The van der Waals surface area contributed by atoms with Crippen LogP contribution in [-0.4, -0.2) is 23.0 Å². The van der Waals surface area contributed by atoms with Crippen molar-refractivity contribution >= 4 is 11.9 Å². The number of rotatable bonds is 5. The van der Waals surface area contributed by atoms with Crippen LogP contribution in [0.4, 0.5) is 0 Å². The van der Waals surface area contributed by atoms with E-state index in [-0.39, 0.29) is 5.91 Å². The van der Waals surface area contributed by atoms with Crippen LogP contribution < -0.4 is 5.32 Å². The first-order valence-corrected chi connectivity index (χ1v) is 5.75. The molecule has 1 atom stereocenters. The van der Waals surface area contributed by atoms with E-state index in [1.165, 1.54) is 0 Å². The van der Waals surface area contributed by atoms with Gasteiger partial charge in [-0.3, -0.25) is 4.79 Å². The number of amides is 1. The first kappa shape index (κ1) is 11.6. The minimum Gasteiger partial charge on any atom is -0.480 e. The van der Waals surface area contributed by atoms with E-state index in [1.807, 2.05) is 6.07 Å². The molecule has 0 saturated heterocycles. The number of hydrogen-bond donors (Lipinski definition) is 2. The fourth-order valence-corrected chi connectivity index (χ4v) is 1.74. The van der Waals surface area contributed by atoms with Crippen molar-refractivity contribution in [3.8, 4) is 0 Å². The number of nitrogens with one attached hydrogen (secondary N) is 1. The molecule has 90 valence electrons. The Labute approximate surface area is 99.6 Å². The molecule has 1 aromatic rings. The van der Waals surface area contributed by atoms with Crippen molar-refractivity contribution in [3.63, 3.8) is 0 Å². The molecule has 1 fully saturated rings. The summed E-state index contributed by atoms with van der Waals surface area (Å²) in [6.07, 6.45) is 2.68. The minimum absolute atomic E-state index is 0.321. The summed E-state index contributed by atoms with van der Waals surface area (Å²) < 4.78 is 0. The molecule has 0 unspecified atom stereocenters. The van der Waals surface area contributed by atoms with Crippen LogP contribution in [0.5, 0.6) is 0 Å². The van der Waals surface area contributed by atoms with E-state index in [0.717, 1.165) is 12.8 Å². The monoisotopic (exact) mass is 233 g/mol. The lowest BCUT2D eigenvalue weighted by Gasteiger charge is -2.13. The lowest BCUT2D eigenvalue weighted by atomic mass is 10.1. The van der Waals surface area contributed by atoms with Gasteiger partial charge < -0.3 is 10.4 Å². The number of carbonyl (C=O) groups is 2. The Morgan fingerprint density at radius 3 is 2.47 bits per heavy atom. The third kappa shape index (κ3) is 3.31. The maximum Gasteiger partial charge on any atom is 0.326 e. The molecule has 0 radical (unpaired) electrons. The molecule has 1 aromatic carbocycles. The summed E-state index contributed by atoms with van der Waals surface area (Å²) in [6.45, 7) is 0. The number of carboxylic acids is 1. The highest BCUT2D eigenvalue weighted by Gasteiger charge is 2.30. The van der Waals surface area contributed by atoms with Crippen LogP contribution in [0.25, 0.3) is 0 Å². The summed E-state index contributed by atoms with van der Waals surface area (Å²) >= 11 is 0.